The Balaban J connectivity index is 1.51. The molecular formula is C21H16N6OS2. The number of thiophene rings is 1. The van der Waals surface area contributed by atoms with E-state index in [-0.39, 0.29) is 5.56 Å². The normalized spacial score (nSPS) is 13.4. The molecule has 0 saturated carbocycles. The summed E-state index contributed by atoms with van der Waals surface area (Å²) in [7, 11) is 1.79. The Hall–Kier alpha value is -3.04. The number of aromatic nitrogens is 6. The highest BCUT2D eigenvalue weighted by Gasteiger charge is 2.23. The van der Waals surface area contributed by atoms with Crippen LogP contribution in [0.15, 0.2) is 57.7 Å². The van der Waals surface area contributed by atoms with Crippen molar-refractivity contribution in [2.75, 3.05) is 0 Å². The van der Waals surface area contributed by atoms with Crippen molar-refractivity contribution in [3.63, 3.8) is 0 Å². The minimum Gasteiger partial charge on any atom is -0.290 e. The van der Waals surface area contributed by atoms with Crippen molar-refractivity contribution in [1.82, 2.24) is 29.1 Å². The van der Waals surface area contributed by atoms with Gasteiger partial charge in [-0.15, -0.1) is 11.3 Å². The van der Waals surface area contributed by atoms with Gasteiger partial charge in [-0.05, 0) is 42.7 Å². The molecule has 6 rings (SSSR count). The lowest BCUT2D eigenvalue weighted by Crippen LogP contribution is -2.20. The molecule has 1 aromatic carbocycles. The first-order valence-electron chi connectivity index (χ1n) is 9.64. The largest absolute Gasteiger partial charge is 0.290 e. The van der Waals surface area contributed by atoms with Gasteiger partial charge in [0.2, 0.25) is 0 Å². The first-order chi connectivity index (χ1) is 14.7. The molecule has 1 aliphatic rings. The lowest BCUT2D eigenvalue weighted by atomic mass is 10.1. The van der Waals surface area contributed by atoms with Crippen LogP contribution in [0.1, 0.15) is 16.9 Å². The number of rotatable bonds is 3. The lowest BCUT2D eigenvalue weighted by Gasteiger charge is -2.10. The minimum absolute atomic E-state index is 0.0223. The molecular weight excluding hydrogens is 416 g/mol. The smallest absolute Gasteiger partial charge is 0.262 e. The summed E-state index contributed by atoms with van der Waals surface area (Å²) in [6.07, 6.45) is 4.64. The third-order valence-electron chi connectivity index (χ3n) is 5.39. The van der Waals surface area contributed by atoms with Crippen LogP contribution in [0.5, 0.6) is 0 Å². The Morgan fingerprint density at radius 3 is 2.87 bits per heavy atom. The summed E-state index contributed by atoms with van der Waals surface area (Å²) in [5.41, 5.74) is 3.03. The molecule has 30 heavy (non-hydrogen) atoms. The quantitative estimate of drug-likeness (QED) is 0.319. The third-order valence-corrected chi connectivity index (χ3v) is 7.62. The molecule has 0 saturated heterocycles. The summed E-state index contributed by atoms with van der Waals surface area (Å²) >= 11 is 3.06. The van der Waals surface area contributed by atoms with Gasteiger partial charge in [-0.1, -0.05) is 30.3 Å². The van der Waals surface area contributed by atoms with Crippen LogP contribution in [0.2, 0.25) is 0 Å². The Bertz CT molecular complexity index is 1480. The van der Waals surface area contributed by atoms with Gasteiger partial charge < -0.3 is 0 Å². The van der Waals surface area contributed by atoms with E-state index in [1.807, 2.05) is 36.4 Å². The average Bonchev–Trinajstić information content (AvgIpc) is 3.48. The maximum Gasteiger partial charge on any atom is 0.262 e. The van der Waals surface area contributed by atoms with Gasteiger partial charge in [0.25, 0.3) is 11.3 Å². The fraction of sp³-hybridized carbons (Fsp3) is 0.190. The number of hydrogen-bond acceptors (Lipinski definition) is 7. The molecule has 1 aliphatic carbocycles. The average molecular weight is 433 g/mol. The Morgan fingerprint density at radius 2 is 2.00 bits per heavy atom. The van der Waals surface area contributed by atoms with E-state index in [9.17, 15) is 4.79 Å². The van der Waals surface area contributed by atoms with E-state index in [1.165, 1.54) is 28.5 Å². The second-order valence-corrected chi connectivity index (χ2v) is 9.29. The molecule has 9 heteroatoms. The highest BCUT2D eigenvalue weighted by Crippen LogP contribution is 2.36. The molecule has 0 spiro atoms. The summed E-state index contributed by atoms with van der Waals surface area (Å²) in [5.74, 6) is 0.514. The number of aryl methyl sites for hydroxylation is 2. The van der Waals surface area contributed by atoms with Gasteiger partial charge in [-0.3, -0.25) is 9.36 Å². The maximum atomic E-state index is 13.1. The van der Waals surface area contributed by atoms with Gasteiger partial charge in [0, 0.05) is 17.5 Å². The molecule has 5 aromatic rings. The standard InChI is InChI=1S/C21H16N6OS2/c1-26-19(28)17-13-8-5-9-15(13)29-18(17)25-21(26)30-16-10-14(12-6-3-2-4-7-12)24-20-22-11-23-27(16)20/h2-4,6-7,10-11H,5,8-9H2,1H3. The monoisotopic (exact) mass is 432 g/mol. The van der Waals surface area contributed by atoms with Crippen LogP contribution >= 0.6 is 23.1 Å². The minimum atomic E-state index is 0.0223. The first-order valence-corrected chi connectivity index (χ1v) is 11.3. The Labute approximate surface area is 179 Å². The topological polar surface area (TPSA) is 78.0 Å². The van der Waals surface area contributed by atoms with Crippen molar-refractivity contribution in [2.24, 2.45) is 7.05 Å². The first kappa shape index (κ1) is 17.8. The molecule has 0 N–H and O–H groups in total. The van der Waals surface area contributed by atoms with Crippen molar-refractivity contribution in [3.8, 4) is 11.3 Å². The van der Waals surface area contributed by atoms with Crippen LogP contribution in [0.4, 0.5) is 0 Å². The third kappa shape index (κ3) is 2.69. The molecule has 4 heterocycles. The van der Waals surface area contributed by atoms with Crippen LogP contribution in [0, 0.1) is 0 Å². The Morgan fingerprint density at radius 1 is 1.13 bits per heavy atom. The van der Waals surface area contributed by atoms with E-state index in [0.29, 0.717) is 10.9 Å². The second-order valence-electron chi connectivity index (χ2n) is 7.22. The summed E-state index contributed by atoms with van der Waals surface area (Å²) in [6, 6.07) is 11.9. The number of nitrogens with zero attached hydrogens (tertiary/aromatic N) is 6. The van der Waals surface area contributed by atoms with Crippen LogP contribution < -0.4 is 5.56 Å². The van der Waals surface area contributed by atoms with Gasteiger partial charge in [-0.2, -0.15) is 14.6 Å². The van der Waals surface area contributed by atoms with Crippen LogP contribution in [-0.2, 0) is 19.9 Å². The Kier molecular flexibility index (Phi) is 4.00. The lowest BCUT2D eigenvalue weighted by molar-refractivity contribution is 0.723. The van der Waals surface area contributed by atoms with E-state index in [4.69, 9.17) is 4.98 Å². The zero-order valence-corrected chi connectivity index (χ0v) is 17.7. The maximum absolute atomic E-state index is 13.1. The summed E-state index contributed by atoms with van der Waals surface area (Å²) < 4.78 is 3.32. The van der Waals surface area contributed by atoms with E-state index < -0.39 is 0 Å². The molecule has 148 valence electrons. The van der Waals surface area contributed by atoms with Gasteiger partial charge in [0.1, 0.15) is 16.2 Å². The number of benzene rings is 1. The molecule has 0 bridgehead atoms. The van der Waals surface area contributed by atoms with Crippen LogP contribution in [-0.4, -0.2) is 29.1 Å². The SMILES string of the molecule is Cn1c(Sc2cc(-c3ccccc3)nc3ncnn23)nc2sc3c(c2c1=O)CCC3. The van der Waals surface area contributed by atoms with Gasteiger partial charge in [0.05, 0.1) is 11.1 Å². The fourth-order valence-corrected chi connectivity index (χ4v) is 6.14. The number of fused-ring (bicyclic) bond motifs is 4. The molecule has 0 radical (unpaired) electrons. The van der Waals surface area contributed by atoms with Crippen molar-refractivity contribution >= 4 is 39.1 Å². The summed E-state index contributed by atoms with van der Waals surface area (Å²) in [5, 5.41) is 6.55. The predicted octanol–water partition coefficient (Wildman–Crippen LogP) is 3.74. The van der Waals surface area contributed by atoms with Gasteiger partial charge in [-0.25, -0.2) is 9.97 Å². The highest BCUT2D eigenvalue weighted by atomic mass is 32.2. The zero-order chi connectivity index (χ0) is 20.2. The summed E-state index contributed by atoms with van der Waals surface area (Å²) in [6.45, 7) is 0. The molecule has 7 nitrogen and oxygen atoms in total. The van der Waals surface area contributed by atoms with Crippen molar-refractivity contribution in [3.05, 3.63) is 63.5 Å². The second kappa shape index (κ2) is 6.75. The molecule has 0 unspecified atom stereocenters. The van der Waals surface area contributed by atoms with Crippen molar-refractivity contribution in [2.45, 2.75) is 29.4 Å². The fourth-order valence-electron chi connectivity index (χ4n) is 3.91. The van der Waals surface area contributed by atoms with E-state index in [2.05, 4.69) is 15.1 Å². The predicted molar refractivity (Wildman–Crippen MR) is 117 cm³/mol. The highest BCUT2D eigenvalue weighted by molar-refractivity contribution is 7.99. The van der Waals surface area contributed by atoms with Gasteiger partial charge >= 0.3 is 0 Å². The van der Waals surface area contributed by atoms with E-state index in [1.54, 1.807) is 27.5 Å². The molecule has 0 aliphatic heterocycles. The molecule has 0 fully saturated rings. The van der Waals surface area contributed by atoms with Crippen LogP contribution in [0.25, 0.3) is 27.3 Å². The number of hydrogen-bond donors (Lipinski definition) is 0. The van der Waals surface area contributed by atoms with E-state index in [0.717, 1.165) is 45.8 Å². The van der Waals surface area contributed by atoms with Crippen LogP contribution in [0.3, 0.4) is 0 Å². The zero-order valence-electron chi connectivity index (χ0n) is 16.1. The molecule has 0 atom stereocenters. The molecule has 0 amide bonds. The van der Waals surface area contributed by atoms with Crippen molar-refractivity contribution in [1.29, 1.82) is 0 Å². The van der Waals surface area contributed by atoms with E-state index >= 15 is 0 Å². The van der Waals surface area contributed by atoms with Gasteiger partial charge in [0.15, 0.2) is 5.16 Å². The van der Waals surface area contributed by atoms with Crippen molar-refractivity contribution < 1.29 is 0 Å². The molecule has 4 aromatic heterocycles. The summed E-state index contributed by atoms with van der Waals surface area (Å²) in [4.78, 5) is 29.0.